The van der Waals surface area contributed by atoms with Gasteiger partial charge in [0.05, 0.1) is 19.6 Å². The fourth-order valence-electron chi connectivity index (χ4n) is 3.56. The molecule has 0 bridgehead atoms. The van der Waals surface area contributed by atoms with Gasteiger partial charge in [0.2, 0.25) is 5.91 Å². The molecule has 2 amide bonds. The number of aromatic nitrogens is 1. The number of fused-ring (bicyclic) bond motifs is 1. The van der Waals surface area contributed by atoms with Gasteiger partial charge in [0.1, 0.15) is 0 Å². The van der Waals surface area contributed by atoms with Gasteiger partial charge in [-0.15, -0.1) is 0 Å². The van der Waals surface area contributed by atoms with Gasteiger partial charge in [-0.05, 0) is 29.8 Å². The average Bonchev–Trinajstić information content (AvgIpc) is 3.28. The SMILES string of the molecule is CN1C(=O)Cc2cc(C3(CCNC(=O)c4ccncc4)OCCO3)ccc21. The normalized spacial score (nSPS) is 17.8. The van der Waals surface area contributed by atoms with E-state index < -0.39 is 5.79 Å². The molecule has 0 radical (unpaired) electrons. The largest absolute Gasteiger partial charge is 0.352 e. The van der Waals surface area contributed by atoms with E-state index in [4.69, 9.17) is 9.47 Å². The number of rotatable bonds is 5. The smallest absolute Gasteiger partial charge is 0.251 e. The predicted octanol–water partition coefficient (Wildman–Crippen LogP) is 1.62. The van der Waals surface area contributed by atoms with Crippen LogP contribution in [0.15, 0.2) is 42.7 Å². The number of hydrogen-bond acceptors (Lipinski definition) is 5. The standard InChI is InChI=1S/C20H21N3O4/c1-23-17-3-2-16(12-15(17)13-18(23)24)20(26-10-11-27-20)6-9-22-19(25)14-4-7-21-8-5-14/h2-5,7-8,12H,6,9-11,13H2,1H3,(H,22,25). The van der Waals surface area contributed by atoms with Crippen molar-refractivity contribution in [1.29, 1.82) is 0 Å². The quantitative estimate of drug-likeness (QED) is 0.869. The first-order valence-electron chi connectivity index (χ1n) is 8.95. The van der Waals surface area contributed by atoms with Crippen molar-refractivity contribution in [2.75, 3.05) is 31.7 Å². The van der Waals surface area contributed by atoms with Crippen molar-refractivity contribution in [1.82, 2.24) is 10.3 Å². The fraction of sp³-hybridized carbons (Fsp3) is 0.350. The maximum absolute atomic E-state index is 12.2. The zero-order valence-electron chi connectivity index (χ0n) is 15.1. The first kappa shape index (κ1) is 17.6. The molecule has 0 spiro atoms. The molecule has 0 aliphatic carbocycles. The molecule has 2 aromatic rings. The van der Waals surface area contributed by atoms with Crippen molar-refractivity contribution in [3.63, 3.8) is 0 Å². The number of nitrogens with one attached hydrogen (secondary N) is 1. The predicted molar refractivity (Wildman–Crippen MR) is 98.3 cm³/mol. The minimum atomic E-state index is -0.898. The number of likely N-dealkylation sites (N-methyl/N-ethyl adjacent to an activating group) is 1. The van der Waals surface area contributed by atoms with Crippen LogP contribution in [0.1, 0.15) is 27.9 Å². The van der Waals surface area contributed by atoms with Gasteiger partial charge in [-0.25, -0.2) is 0 Å². The summed E-state index contributed by atoms with van der Waals surface area (Å²) in [6, 6.07) is 9.18. The number of carbonyl (C=O) groups is 2. The lowest BCUT2D eigenvalue weighted by Gasteiger charge is -2.28. The van der Waals surface area contributed by atoms with Gasteiger partial charge in [-0.1, -0.05) is 6.07 Å². The van der Waals surface area contributed by atoms with Crippen molar-refractivity contribution < 1.29 is 19.1 Å². The first-order chi connectivity index (χ1) is 13.1. The van der Waals surface area contributed by atoms with E-state index in [1.807, 2.05) is 18.2 Å². The molecule has 1 fully saturated rings. The number of hydrogen-bond donors (Lipinski definition) is 1. The monoisotopic (exact) mass is 367 g/mol. The molecule has 7 heteroatoms. The number of benzene rings is 1. The van der Waals surface area contributed by atoms with Crippen molar-refractivity contribution in [2.45, 2.75) is 18.6 Å². The van der Waals surface area contributed by atoms with Crippen LogP contribution < -0.4 is 10.2 Å². The molecule has 1 saturated heterocycles. The summed E-state index contributed by atoms with van der Waals surface area (Å²) < 4.78 is 11.9. The van der Waals surface area contributed by atoms with Gasteiger partial charge in [0.15, 0.2) is 5.79 Å². The van der Waals surface area contributed by atoms with Crippen LogP contribution in [0.25, 0.3) is 0 Å². The van der Waals surface area contributed by atoms with E-state index in [1.54, 1.807) is 36.5 Å². The van der Waals surface area contributed by atoms with Crippen LogP contribution in [0, 0.1) is 0 Å². The summed E-state index contributed by atoms with van der Waals surface area (Å²) >= 11 is 0. The Morgan fingerprint density at radius 3 is 2.70 bits per heavy atom. The Bertz CT molecular complexity index is 863. The minimum absolute atomic E-state index is 0.0778. The Kier molecular flexibility index (Phi) is 4.63. The minimum Gasteiger partial charge on any atom is -0.352 e. The van der Waals surface area contributed by atoms with Crippen molar-refractivity contribution in [2.24, 2.45) is 0 Å². The molecule has 7 nitrogen and oxygen atoms in total. The molecule has 1 N–H and O–H groups in total. The zero-order valence-corrected chi connectivity index (χ0v) is 15.1. The van der Waals surface area contributed by atoms with E-state index in [9.17, 15) is 9.59 Å². The van der Waals surface area contributed by atoms with Gasteiger partial charge in [0.25, 0.3) is 5.91 Å². The molecule has 140 valence electrons. The summed E-state index contributed by atoms with van der Waals surface area (Å²) in [6.45, 7) is 1.39. The first-order valence-corrected chi connectivity index (χ1v) is 8.95. The second kappa shape index (κ2) is 7.09. The molecule has 4 rings (SSSR count). The highest BCUT2D eigenvalue weighted by atomic mass is 16.7. The molecule has 2 aliphatic heterocycles. The van der Waals surface area contributed by atoms with E-state index in [-0.39, 0.29) is 11.8 Å². The molecule has 0 atom stereocenters. The molecule has 27 heavy (non-hydrogen) atoms. The van der Waals surface area contributed by atoms with Gasteiger partial charge < -0.3 is 19.7 Å². The van der Waals surface area contributed by atoms with E-state index in [1.165, 1.54) is 0 Å². The van der Waals surface area contributed by atoms with Gasteiger partial charge >= 0.3 is 0 Å². The Hall–Kier alpha value is -2.77. The van der Waals surface area contributed by atoms with Crippen LogP contribution in [-0.4, -0.2) is 43.6 Å². The lowest BCUT2D eigenvalue weighted by atomic mass is 9.98. The van der Waals surface area contributed by atoms with Crippen LogP contribution in [0.3, 0.4) is 0 Å². The zero-order chi connectivity index (χ0) is 18.9. The summed E-state index contributed by atoms with van der Waals surface area (Å²) in [5.74, 6) is -0.981. The third-order valence-corrected chi connectivity index (χ3v) is 5.03. The summed E-state index contributed by atoms with van der Waals surface area (Å²) in [7, 11) is 1.78. The van der Waals surface area contributed by atoms with Crippen LogP contribution in [0.5, 0.6) is 0 Å². The van der Waals surface area contributed by atoms with Gasteiger partial charge in [0, 0.05) is 49.2 Å². The van der Waals surface area contributed by atoms with Crippen molar-refractivity contribution in [3.05, 3.63) is 59.4 Å². The third kappa shape index (κ3) is 3.31. The second-order valence-electron chi connectivity index (χ2n) is 6.66. The maximum Gasteiger partial charge on any atom is 0.251 e. The Balaban J connectivity index is 1.48. The molecule has 2 aliphatic rings. The summed E-state index contributed by atoms with van der Waals surface area (Å²) in [6.07, 6.45) is 4.03. The van der Waals surface area contributed by atoms with Crippen LogP contribution in [0.4, 0.5) is 5.69 Å². The topological polar surface area (TPSA) is 80.8 Å². The molecular weight excluding hydrogens is 346 g/mol. The molecule has 0 saturated carbocycles. The average molecular weight is 367 g/mol. The lowest BCUT2D eigenvalue weighted by molar-refractivity contribution is -0.169. The molecular formula is C20H21N3O4. The molecule has 3 heterocycles. The third-order valence-electron chi connectivity index (χ3n) is 5.03. The van der Waals surface area contributed by atoms with Gasteiger partial charge in [-0.3, -0.25) is 14.6 Å². The lowest BCUT2D eigenvalue weighted by Crippen LogP contribution is -2.34. The highest BCUT2D eigenvalue weighted by Crippen LogP contribution is 2.38. The van der Waals surface area contributed by atoms with E-state index in [2.05, 4.69) is 10.3 Å². The summed E-state index contributed by atoms with van der Waals surface area (Å²) in [5, 5.41) is 2.90. The Labute approximate surface area is 157 Å². The number of anilines is 1. The van der Waals surface area contributed by atoms with E-state index in [0.29, 0.717) is 38.2 Å². The summed E-state index contributed by atoms with van der Waals surface area (Å²) in [4.78, 5) is 29.7. The van der Waals surface area contributed by atoms with Crippen molar-refractivity contribution >= 4 is 17.5 Å². The second-order valence-corrected chi connectivity index (χ2v) is 6.66. The van der Waals surface area contributed by atoms with Crippen LogP contribution >= 0.6 is 0 Å². The van der Waals surface area contributed by atoms with Crippen LogP contribution in [0.2, 0.25) is 0 Å². The van der Waals surface area contributed by atoms with E-state index >= 15 is 0 Å². The number of ether oxygens (including phenoxy) is 2. The Morgan fingerprint density at radius 2 is 1.96 bits per heavy atom. The molecule has 1 aromatic heterocycles. The fourth-order valence-corrected chi connectivity index (χ4v) is 3.56. The number of carbonyl (C=O) groups excluding carboxylic acids is 2. The number of pyridine rings is 1. The number of nitrogens with zero attached hydrogens (tertiary/aromatic N) is 2. The molecule has 1 aromatic carbocycles. The van der Waals surface area contributed by atoms with Crippen LogP contribution in [-0.2, 0) is 26.5 Å². The van der Waals surface area contributed by atoms with Crippen molar-refractivity contribution in [3.8, 4) is 0 Å². The maximum atomic E-state index is 12.2. The molecule has 0 unspecified atom stereocenters. The highest BCUT2D eigenvalue weighted by Gasteiger charge is 2.39. The summed E-state index contributed by atoms with van der Waals surface area (Å²) in [5.41, 5.74) is 3.33. The van der Waals surface area contributed by atoms with Gasteiger partial charge in [-0.2, -0.15) is 0 Å². The highest BCUT2D eigenvalue weighted by molar-refractivity contribution is 6.01. The Morgan fingerprint density at radius 1 is 1.22 bits per heavy atom. The van der Waals surface area contributed by atoms with E-state index in [0.717, 1.165) is 16.8 Å². The number of amides is 2.